The van der Waals surface area contributed by atoms with Crippen LogP contribution in [0.2, 0.25) is 0 Å². The third-order valence-corrected chi connectivity index (χ3v) is 3.92. The molecule has 1 atom stereocenters. The molecule has 1 aromatic rings. The molecule has 1 saturated heterocycles. The number of nitrogens with zero attached hydrogens (tertiary/aromatic N) is 1. The lowest BCUT2D eigenvalue weighted by Crippen LogP contribution is -2.33. The Morgan fingerprint density at radius 2 is 2.37 bits per heavy atom. The Bertz CT molecular complexity index is 461. The monoisotopic (exact) mass is 328 g/mol. The molecule has 3 nitrogen and oxygen atoms in total. The fourth-order valence-electron chi connectivity index (χ4n) is 2.31. The number of hydrogen-bond acceptors (Lipinski definition) is 2. The van der Waals surface area contributed by atoms with Gasteiger partial charge in [0.25, 0.3) is 0 Å². The highest BCUT2D eigenvalue weighted by molar-refractivity contribution is 9.10. The molecule has 1 unspecified atom stereocenters. The lowest BCUT2D eigenvalue weighted by Gasteiger charge is -2.20. The van der Waals surface area contributed by atoms with Crippen molar-refractivity contribution in [1.29, 1.82) is 0 Å². The minimum atomic E-state index is -0.276. The van der Waals surface area contributed by atoms with Crippen LogP contribution in [0.15, 0.2) is 22.7 Å². The van der Waals surface area contributed by atoms with Crippen LogP contribution in [0.25, 0.3) is 0 Å². The van der Waals surface area contributed by atoms with Crippen molar-refractivity contribution >= 4 is 21.8 Å². The third-order valence-electron chi connectivity index (χ3n) is 3.42. The van der Waals surface area contributed by atoms with Crippen molar-refractivity contribution in [3.63, 3.8) is 0 Å². The number of amides is 1. The summed E-state index contributed by atoms with van der Waals surface area (Å²) in [5.74, 6) is -0.222. The molecular weight excluding hydrogens is 311 g/mol. The van der Waals surface area contributed by atoms with Gasteiger partial charge in [-0.1, -0.05) is 15.9 Å². The largest absolute Gasteiger partial charge is 0.341 e. The Balaban J connectivity index is 1.93. The maximum atomic E-state index is 13.6. The molecule has 104 valence electrons. The molecule has 2 rings (SSSR count). The topological polar surface area (TPSA) is 32.3 Å². The first-order chi connectivity index (χ1) is 9.06. The summed E-state index contributed by atoms with van der Waals surface area (Å²) in [6, 6.07) is 5.06. The highest BCUT2D eigenvalue weighted by atomic mass is 79.9. The Labute approximate surface area is 121 Å². The number of nitrogens with one attached hydrogen (secondary N) is 1. The second-order valence-corrected chi connectivity index (χ2v) is 5.90. The van der Waals surface area contributed by atoms with Crippen molar-refractivity contribution in [3.05, 3.63) is 34.1 Å². The molecule has 0 saturated carbocycles. The molecule has 1 aromatic carbocycles. The van der Waals surface area contributed by atoms with Gasteiger partial charge in [0, 0.05) is 36.1 Å². The summed E-state index contributed by atoms with van der Waals surface area (Å²) in [5, 5.41) is 3.30. The number of benzene rings is 1. The molecule has 19 heavy (non-hydrogen) atoms. The van der Waals surface area contributed by atoms with Crippen LogP contribution in [0.3, 0.4) is 0 Å². The van der Waals surface area contributed by atoms with Gasteiger partial charge in [-0.05, 0) is 37.6 Å². The minimum absolute atomic E-state index is 0.0544. The highest BCUT2D eigenvalue weighted by Crippen LogP contribution is 2.18. The first-order valence-electron chi connectivity index (χ1n) is 6.47. The van der Waals surface area contributed by atoms with E-state index in [0.29, 0.717) is 18.5 Å². The Hall–Kier alpha value is -0.940. The van der Waals surface area contributed by atoms with E-state index in [1.807, 2.05) is 0 Å². The quantitative estimate of drug-likeness (QED) is 0.921. The van der Waals surface area contributed by atoms with E-state index in [0.717, 1.165) is 23.9 Å². The van der Waals surface area contributed by atoms with Crippen LogP contribution in [0.4, 0.5) is 4.39 Å². The van der Waals surface area contributed by atoms with Crippen molar-refractivity contribution in [3.8, 4) is 0 Å². The molecule has 1 aliphatic rings. The van der Waals surface area contributed by atoms with Crippen LogP contribution in [0.1, 0.15) is 24.8 Å². The summed E-state index contributed by atoms with van der Waals surface area (Å²) >= 11 is 3.31. The molecule has 1 aliphatic heterocycles. The molecule has 5 heteroatoms. The van der Waals surface area contributed by atoms with Crippen LogP contribution in [0.5, 0.6) is 0 Å². The number of carbonyl (C=O) groups is 1. The van der Waals surface area contributed by atoms with E-state index in [1.54, 1.807) is 24.1 Å². The Morgan fingerprint density at radius 1 is 1.58 bits per heavy atom. The van der Waals surface area contributed by atoms with Gasteiger partial charge in [-0.3, -0.25) is 4.79 Å². The van der Waals surface area contributed by atoms with Crippen molar-refractivity contribution in [2.45, 2.75) is 31.8 Å². The maximum absolute atomic E-state index is 13.6. The van der Waals surface area contributed by atoms with Gasteiger partial charge in [0.1, 0.15) is 5.82 Å². The minimum Gasteiger partial charge on any atom is -0.341 e. The molecule has 0 radical (unpaired) electrons. The van der Waals surface area contributed by atoms with Gasteiger partial charge in [-0.25, -0.2) is 4.39 Å². The van der Waals surface area contributed by atoms with Crippen LogP contribution in [-0.4, -0.2) is 30.4 Å². The van der Waals surface area contributed by atoms with Gasteiger partial charge >= 0.3 is 0 Å². The van der Waals surface area contributed by atoms with Crippen LogP contribution >= 0.6 is 15.9 Å². The Morgan fingerprint density at radius 3 is 3.05 bits per heavy atom. The molecule has 0 aromatic heterocycles. The first kappa shape index (κ1) is 14.5. The molecule has 1 fully saturated rings. The van der Waals surface area contributed by atoms with Gasteiger partial charge in [0.05, 0.1) is 0 Å². The molecular formula is C14H18BrFN2O. The predicted molar refractivity (Wildman–Crippen MR) is 76.2 cm³/mol. The lowest BCUT2D eigenvalue weighted by molar-refractivity contribution is -0.130. The molecule has 1 N–H and O–H groups in total. The van der Waals surface area contributed by atoms with Gasteiger partial charge in [-0.2, -0.15) is 0 Å². The lowest BCUT2D eigenvalue weighted by atomic mass is 10.1. The molecule has 0 bridgehead atoms. The summed E-state index contributed by atoms with van der Waals surface area (Å²) in [5.41, 5.74) is 0.532. The molecule has 1 heterocycles. The number of halogens is 2. The standard InChI is InChI=1S/C14H18BrFN2O/c1-18(14(19)8-12-3-2-6-17-12)9-10-7-11(15)4-5-13(10)16/h4-5,7,12,17H,2-3,6,8-9H2,1H3. The second kappa shape index (κ2) is 6.48. The second-order valence-electron chi connectivity index (χ2n) is 4.98. The zero-order valence-electron chi connectivity index (χ0n) is 11.0. The average Bonchev–Trinajstić information content (AvgIpc) is 2.86. The summed E-state index contributed by atoms with van der Waals surface area (Å²) in [6.45, 7) is 1.29. The van der Waals surface area contributed by atoms with Crippen molar-refractivity contribution < 1.29 is 9.18 Å². The van der Waals surface area contributed by atoms with Gasteiger partial charge in [0.2, 0.25) is 5.91 Å². The fourth-order valence-corrected chi connectivity index (χ4v) is 2.71. The van der Waals surface area contributed by atoms with E-state index >= 15 is 0 Å². The van der Waals surface area contributed by atoms with Crippen LogP contribution < -0.4 is 5.32 Å². The normalized spacial score (nSPS) is 18.6. The molecule has 0 spiro atoms. The zero-order chi connectivity index (χ0) is 13.8. The van der Waals surface area contributed by atoms with Crippen LogP contribution in [0, 0.1) is 5.82 Å². The van der Waals surface area contributed by atoms with Gasteiger partial charge < -0.3 is 10.2 Å². The van der Waals surface area contributed by atoms with Gasteiger partial charge in [0.15, 0.2) is 0 Å². The highest BCUT2D eigenvalue weighted by Gasteiger charge is 2.20. The SMILES string of the molecule is CN(Cc1cc(Br)ccc1F)C(=O)CC1CCCN1. The maximum Gasteiger partial charge on any atom is 0.224 e. The van der Waals surface area contributed by atoms with Crippen molar-refractivity contribution in [2.24, 2.45) is 0 Å². The van der Waals surface area contributed by atoms with E-state index in [2.05, 4.69) is 21.2 Å². The zero-order valence-corrected chi connectivity index (χ0v) is 12.5. The first-order valence-corrected chi connectivity index (χ1v) is 7.27. The smallest absolute Gasteiger partial charge is 0.224 e. The van der Waals surface area contributed by atoms with Crippen molar-refractivity contribution in [1.82, 2.24) is 10.2 Å². The average molecular weight is 329 g/mol. The number of rotatable bonds is 4. The van der Waals surface area contributed by atoms with E-state index in [4.69, 9.17) is 0 Å². The van der Waals surface area contributed by atoms with E-state index in [1.165, 1.54) is 6.07 Å². The predicted octanol–water partition coefficient (Wildman–Crippen LogP) is 2.69. The van der Waals surface area contributed by atoms with E-state index < -0.39 is 0 Å². The Kier molecular flexibility index (Phi) is 4.93. The van der Waals surface area contributed by atoms with E-state index in [-0.39, 0.29) is 17.8 Å². The fraction of sp³-hybridized carbons (Fsp3) is 0.500. The number of hydrogen-bond donors (Lipinski definition) is 1. The third kappa shape index (κ3) is 4.01. The van der Waals surface area contributed by atoms with Gasteiger partial charge in [-0.15, -0.1) is 0 Å². The van der Waals surface area contributed by atoms with Crippen LogP contribution in [-0.2, 0) is 11.3 Å². The summed E-state index contributed by atoms with van der Waals surface area (Å²) in [7, 11) is 1.72. The summed E-state index contributed by atoms with van der Waals surface area (Å²) in [4.78, 5) is 13.6. The molecule has 1 amide bonds. The summed E-state index contributed by atoms with van der Waals surface area (Å²) in [6.07, 6.45) is 2.67. The molecule has 0 aliphatic carbocycles. The van der Waals surface area contributed by atoms with E-state index in [9.17, 15) is 9.18 Å². The number of carbonyl (C=O) groups excluding carboxylic acids is 1. The summed E-state index contributed by atoms with van der Waals surface area (Å²) < 4.78 is 14.4. The van der Waals surface area contributed by atoms with Crippen molar-refractivity contribution in [2.75, 3.05) is 13.6 Å².